The molecule has 0 saturated carbocycles. The van der Waals surface area contributed by atoms with Crippen molar-refractivity contribution in [2.75, 3.05) is 20.2 Å². The number of hydrogen-bond acceptors (Lipinski definition) is 3. The summed E-state index contributed by atoms with van der Waals surface area (Å²) >= 11 is 0. The molecule has 0 fully saturated rings. The minimum Gasteiger partial charge on any atom is -0.382 e. The molecule has 0 N–H and O–H groups in total. The highest BCUT2D eigenvalue weighted by atomic mass is 16.6. The highest BCUT2D eigenvalue weighted by Gasteiger charge is 2.06. The van der Waals surface area contributed by atoms with E-state index >= 15 is 0 Å². The first kappa shape index (κ1) is 10.4. The van der Waals surface area contributed by atoms with E-state index in [9.17, 15) is 0 Å². The van der Waals surface area contributed by atoms with E-state index in [1.54, 1.807) is 0 Å². The van der Waals surface area contributed by atoms with Crippen molar-refractivity contribution in [2.24, 2.45) is 5.16 Å². The predicted octanol–water partition coefficient (Wildman–Crippen LogP) is 1.40. The van der Waals surface area contributed by atoms with Crippen molar-refractivity contribution in [3.05, 3.63) is 23.9 Å². The molecule has 1 aliphatic rings. The lowest BCUT2D eigenvalue weighted by Crippen LogP contribution is -2.20. The minimum atomic E-state index is 0.219. The zero-order chi connectivity index (χ0) is 10.4. The number of rotatable bonds is 3. The second-order valence-electron chi connectivity index (χ2n) is 3.10. The number of allylic oxidation sites excluding steroid dienone is 2. The van der Waals surface area contributed by atoms with Crippen LogP contribution in [-0.2, 0) is 4.84 Å². The summed E-state index contributed by atoms with van der Waals surface area (Å²) in [7, 11) is 2.01. The van der Waals surface area contributed by atoms with Crippen molar-refractivity contribution in [1.29, 1.82) is 0 Å². The molecule has 0 aromatic carbocycles. The van der Waals surface area contributed by atoms with Crippen LogP contribution in [0.5, 0.6) is 0 Å². The van der Waals surface area contributed by atoms with Gasteiger partial charge in [0, 0.05) is 13.6 Å². The van der Waals surface area contributed by atoms with E-state index in [-0.39, 0.29) is 6.61 Å². The van der Waals surface area contributed by atoms with Crippen molar-refractivity contribution in [1.82, 2.24) is 4.90 Å². The lowest BCUT2D eigenvalue weighted by Gasteiger charge is -2.19. The molecule has 0 atom stereocenters. The quantitative estimate of drug-likeness (QED) is 0.291. The average Bonchev–Trinajstić information content (AvgIpc) is 2.18. The van der Waals surface area contributed by atoms with Crippen LogP contribution in [0.1, 0.15) is 6.92 Å². The summed E-state index contributed by atoms with van der Waals surface area (Å²) < 4.78 is 0. The summed E-state index contributed by atoms with van der Waals surface area (Å²) in [6.45, 7) is 2.98. The molecular formula is C11H14N2O. The van der Waals surface area contributed by atoms with Crippen molar-refractivity contribution in [2.45, 2.75) is 6.92 Å². The fourth-order valence-electron chi connectivity index (χ4n) is 1.14. The molecule has 0 spiro atoms. The normalized spacial score (nSPS) is 16.2. The van der Waals surface area contributed by atoms with Crippen molar-refractivity contribution in [3.63, 3.8) is 0 Å². The summed E-state index contributed by atoms with van der Waals surface area (Å²) in [5.74, 6) is 2.36. The maximum atomic E-state index is 5.04. The van der Waals surface area contributed by atoms with E-state index in [1.165, 1.54) is 0 Å². The average molecular weight is 190 g/mol. The summed E-state index contributed by atoms with van der Waals surface area (Å²) in [4.78, 5) is 6.98. The smallest absolute Gasteiger partial charge is 0.177 e. The molecule has 3 nitrogen and oxygen atoms in total. The van der Waals surface area contributed by atoms with Gasteiger partial charge in [0.15, 0.2) is 6.61 Å². The monoisotopic (exact) mass is 190 g/mol. The van der Waals surface area contributed by atoms with Crippen LogP contribution < -0.4 is 0 Å². The highest BCUT2D eigenvalue weighted by molar-refractivity contribution is 5.98. The van der Waals surface area contributed by atoms with Crippen LogP contribution in [0.3, 0.4) is 0 Å². The van der Waals surface area contributed by atoms with Gasteiger partial charge in [0.05, 0.1) is 5.71 Å². The summed E-state index contributed by atoms with van der Waals surface area (Å²) in [5.41, 5.74) is 2.02. The Hall–Kier alpha value is -1.69. The topological polar surface area (TPSA) is 24.8 Å². The second kappa shape index (κ2) is 5.13. The standard InChI is InChI=1S/C11H14N2O/c1-4-8-14-12-10(2)11-6-5-7-13(3)9-11/h1,5-7H,8-9H2,2-3H3. The number of hydrogen-bond donors (Lipinski definition) is 0. The lowest BCUT2D eigenvalue weighted by molar-refractivity contribution is 0.179. The molecule has 0 aromatic heterocycles. The molecule has 1 heterocycles. The first-order valence-electron chi connectivity index (χ1n) is 4.42. The highest BCUT2D eigenvalue weighted by Crippen LogP contribution is 2.07. The SMILES string of the molecule is C#CCON=C(C)C1=CC=CN(C)C1. The third-order valence-electron chi connectivity index (χ3n) is 1.87. The van der Waals surface area contributed by atoms with Crippen LogP contribution in [0.15, 0.2) is 29.1 Å². The van der Waals surface area contributed by atoms with E-state index in [4.69, 9.17) is 11.3 Å². The molecule has 14 heavy (non-hydrogen) atoms. The van der Waals surface area contributed by atoms with Crippen LogP contribution in [0.25, 0.3) is 0 Å². The van der Waals surface area contributed by atoms with Gasteiger partial charge in [-0.1, -0.05) is 17.2 Å². The molecule has 0 amide bonds. The van der Waals surface area contributed by atoms with Gasteiger partial charge < -0.3 is 9.74 Å². The molecule has 0 radical (unpaired) electrons. The van der Waals surface area contributed by atoms with Crippen molar-refractivity contribution < 1.29 is 4.84 Å². The number of nitrogens with zero attached hydrogens (tertiary/aromatic N) is 2. The number of oxime groups is 1. The molecule has 0 aromatic rings. The Balaban J connectivity index is 2.56. The van der Waals surface area contributed by atoms with Gasteiger partial charge >= 0.3 is 0 Å². The largest absolute Gasteiger partial charge is 0.382 e. The Labute approximate surface area is 84.7 Å². The van der Waals surface area contributed by atoms with Gasteiger partial charge in [0.2, 0.25) is 0 Å². The van der Waals surface area contributed by atoms with E-state index in [0.717, 1.165) is 17.8 Å². The Morgan fingerprint density at radius 2 is 2.57 bits per heavy atom. The zero-order valence-corrected chi connectivity index (χ0v) is 8.53. The molecule has 0 aliphatic carbocycles. The Bertz CT molecular complexity index is 321. The Kier molecular flexibility index (Phi) is 3.81. The van der Waals surface area contributed by atoms with Gasteiger partial charge in [-0.15, -0.1) is 6.42 Å². The predicted molar refractivity (Wildman–Crippen MR) is 57.7 cm³/mol. The molecular weight excluding hydrogens is 176 g/mol. The summed E-state index contributed by atoms with van der Waals surface area (Å²) in [6.07, 6.45) is 11.1. The van der Waals surface area contributed by atoms with E-state index in [1.807, 2.05) is 32.3 Å². The second-order valence-corrected chi connectivity index (χ2v) is 3.10. The number of likely N-dealkylation sites (N-methyl/N-ethyl adjacent to an activating group) is 1. The van der Waals surface area contributed by atoms with Crippen molar-refractivity contribution in [3.8, 4) is 12.3 Å². The van der Waals surface area contributed by atoms with Gasteiger partial charge in [-0.05, 0) is 24.8 Å². The fourth-order valence-corrected chi connectivity index (χ4v) is 1.14. The molecule has 3 heteroatoms. The van der Waals surface area contributed by atoms with Gasteiger partial charge in [0.25, 0.3) is 0 Å². The Morgan fingerprint density at radius 1 is 1.79 bits per heavy atom. The van der Waals surface area contributed by atoms with Crippen LogP contribution in [0.4, 0.5) is 0 Å². The zero-order valence-electron chi connectivity index (χ0n) is 8.53. The Morgan fingerprint density at radius 3 is 3.21 bits per heavy atom. The summed E-state index contributed by atoms with van der Waals surface area (Å²) in [6, 6.07) is 0. The molecule has 0 saturated heterocycles. The number of terminal acetylenes is 1. The molecule has 74 valence electrons. The third-order valence-corrected chi connectivity index (χ3v) is 1.87. The van der Waals surface area contributed by atoms with Gasteiger partial charge in [-0.3, -0.25) is 0 Å². The molecule has 0 unspecified atom stereocenters. The molecule has 0 bridgehead atoms. The van der Waals surface area contributed by atoms with E-state index in [2.05, 4.69) is 16.0 Å². The van der Waals surface area contributed by atoms with Gasteiger partial charge in [-0.2, -0.15) is 0 Å². The lowest BCUT2D eigenvalue weighted by atomic mass is 10.1. The van der Waals surface area contributed by atoms with Crippen LogP contribution in [0, 0.1) is 12.3 Å². The van der Waals surface area contributed by atoms with E-state index in [0.29, 0.717) is 0 Å². The molecule has 1 rings (SSSR count). The summed E-state index contributed by atoms with van der Waals surface area (Å²) in [5, 5.41) is 3.92. The van der Waals surface area contributed by atoms with Crippen molar-refractivity contribution >= 4 is 5.71 Å². The minimum absolute atomic E-state index is 0.219. The maximum Gasteiger partial charge on any atom is 0.177 e. The van der Waals surface area contributed by atoms with E-state index < -0.39 is 0 Å². The van der Waals surface area contributed by atoms with Crippen LogP contribution >= 0.6 is 0 Å². The van der Waals surface area contributed by atoms with Gasteiger partial charge in [-0.25, -0.2) is 0 Å². The van der Waals surface area contributed by atoms with Gasteiger partial charge in [0.1, 0.15) is 0 Å². The molecule has 1 aliphatic heterocycles. The maximum absolute atomic E-state index is 5.04. The first-order valence-corrected chi connectivity index (χ1v) is 4.42. The fraction of sp³-hybridized carbons (Fsp3) is 0.364. The third kappa shape index (κ3) is 2.98. The van der Waals surface area contributed by atoms with Crippen LogP contribution in [-0.4, -0.2) is 30.8 Å². The first-order chi connectivity index (χ1) is 6.74. The van der Waals surface area contributed by atoms with Crippen LogP contribution in [0.2, 0.25) is 0 Å².